The number of carbonyl (C=O) groups is 2. The molecular formula is C28H26ClF2NO4. The Hall–Kier alpha value is -3.45. The Morgan fingerprint density at radius 2 is 1.72 bits per heavy atom. The lowest BCUT2D eigenvalue weighted by atomic mass is 9.91. The van der Waals surface area contributed by atoms with Crippen molar-refractivity contribution in [2.45, 2.75) is 38.2 Å². The highest BCUT2D eigenvalue weighted by Crippen LogP contribution is 2.38. The molecule has 3 aromatic rings. The number of hydrogen-bond acceptors (Lipinski definition) is 3. The molecule has 0 spiro atoms. The molecule has 0 radical (unpaired) electrons. The van der Waals surface area contributed by atoms with Gasteiger partial charge in [-0.2, -0.15) is 0 Å². The SMILES string of the molecule is CC1(Cc2ccc(Cl)c(F)c2)Cc2cc(CC(=O)N(CCc3ccc(F)cc3)CC(=O)O)ccc2O1. The molecule has 0 fully saturated rings. The Kier molecular flexibility index (Phi) is 7.59. The quantitative estimate of drug-likeness (QED) is 0.424. The van der Waals surface area contributed by atoms with Crippen LogP contribution in [0.3, 0.4) is 0 Å². The molecule has 0 aromatic heterocycles. The molecule has 1 aliphatic heterocycles. The van der Waals surface area contributed by atoms with Gasteiger partial charge in [0.25, 0.3) is 0 Å². The van der Waals surface area contributed by atoms with Gasteiger partial charge in [-0.05, 0) is 65.9 Å². The summed E-state index contributed by atoms with van der Waals surface area (Å²) in [5, 5.41) is 9.35. The van der Waals surface area contributed by atoms with E-state index in [-0.39, 0.29) is 29.7 Å². The first kappa shape index (κ1) is 25.6. The van der Waals surface area contributed by atoms with Crippen LogP contribution in [0.15, 0.2) is 60.7 Å². The highest BCUT2D eigenvalue weighted by molar-refractivity contribution is 6.30. The van der Waals surface area contributed by atoms with Crippen LogP contribution in [-0.2, 0) is 35.3 Å². The van der Waals surface area contributed by atoms with Crippen molar-refractivity contribution >= 4 is 23.5 Å². The summed E-state index contributed by atoms with van der Waals surface area (Å²) in [5.74, 6) is -1.52. The summed E-state index contributed by atoms with van der Waals surface area (Å²) >= 11 is 5.79. The largest absolute Gasteiger partial charge is 0.487 e. The fraction of sp³-hybridized carbons (Fsp3) is 0.286. The van der Waals surface area contributed by atoms with Crippen LogP contribution in [0.1, 0.15) is 29.2 Å². The van der Waals surface area contributed by atoms with Crippen LogP contribution in [0.4, 0.5) is 8.78 Å². The number of carboxylic acids is 1. The van der Waals surface area contributed by atoms with Crippen molar-refractivity contribution in [3.63, 3.8) is 0 Å². The number of ether oxygens (including phenoxy) is 1. The van der Waals surface area contributed by atoms with Gasteiger partial charge in [0, 0.05) is 19.4 Å². The zero-order valence-electron chi connectivity index (χ0n) is 19.8. The van der Waals surface area contributed by atoms with Gasteiger partial charge < -0.3 is 14.7 Å². The lowest BCUT2D eigenvalue weighted by Gasteiger charge is -2.24. The van der Waals surface area contributed by atoms with Crippen molar-refractivity contribution in [1.82, 2.24) is 4.90 Å². The van der Waals surface area contributed by atoms with Gasteiger partial charge in [0.05, 0.1) is 11.4 Å². The van der Waals surface area contributed by atoms with E-state index in [1.807, 2.05) is 19.1 Å². The van der Waals surface area contributed by atoms with Gasteiger partial charge in [-0.3, -0.25) is 9.59 Å². The highest BCUT2D eigenvalue weighted by Gasteiger charge is 2.35. The molecule has 1 aliphatic rings. The predicted octanol–water partition coefficient (Wildman–Crippen LogP) is 5.25. The zero-order chi connectivity index (χ0) is 25.9. The van der Waals surface area contributed by atoms with Crippen LogP contribution < -0.4 is 4.74 Å². The van der Waals surface area contributed by atoms with E-state index < -0.39 is 23.9 Å². The van der Waals surface area contributed by atoms with E-state index in [1.54, 1.807) is 24.3 Å². The van der Waals surface area contributed by atoms with Gasteiger partial charge in [0.1, 0.15) is 29.5 Å². The van der Waals surface area contributed by atoms with Gasteiger partial charge in [0.2, 0.25) is 5.91 Å². The Labute approximate surface area is 213 Å². The molecule has 1 atom stereocenters. The van der Waals surface area contributed by atoms with Crippen molar-refractivity contribution in [3.05, 3.63) is 99.6 Å². The number of amides is 1. The Morgan fingerprint density at radius 1 is 1.03 bits per heavy atom. The topological polar surface area (TPSA) is 66.8 Å². The molecule has 8 heteroatoms. The maximum absolute atomic E-state index is 13.9. The predicted molar refractivity (Wildman–Crippen MR) is 132 cm³/mol. The van der Waals surface area contributed by atoms with E-state index in [4.69, 9.17) is 16.3 Å². The number of halogens is 3. The zero-order valence-corrected chi connectivity index (χ0v) is 20.5. The Balaban J connectivity index is 1.41. The van der Waals surface area contributed by atoms with Crippen LogP contribution in [-0.4, -0.2) is 40.6 Å². The minimum Gasteiger partial charge on any atom is -0.487 e. The van der Waals surface area contributed by atoms with E-state index in [1.165, 1.54) is 29.2 Å². The lowest BCUT2D eigenvalue weighted by molar-refractivity contribution is -0.144. The van der Waals surface area contributed by atoms with Crippen LogP contribution >= 0.6 is 11.6 Å². The third-order valence-corrected chi connectivity index (χ3v) is 6.53. The molecule has 188 valence electrons. The molecule has 4 rings (SSSR count). The third-order valence-electron chi connectivity index (χ3n) is 6.23. The highest BCUT2D eigenvalue weighted by atomic mass is 35.5. The molecule has 0 saturated carbocycles. The number of benzene rings is 3. The number of hydrogen-bond donors (Lipinski definition) is 1. The van der Waals surface area contributed by atoms with Crippen molar-refractivity contribution in [3.8, 4) is 5.75 Å². The second-order valence-electron chi connectivity index (χ2n) is 9.36. The Bertz CT molecular complexity index is 1280. The van der Waals surface area contributed by atoms with E-state index in [9.17, 15) is 23.5 Å². The van der Waals surface area contributed by atoms with E-state index in [0.717, 1.165) is 22.3 Å². The summed E-state index contributed by atoms with van der Waals surface area (Å²) in [7, 11) is 0. The van der Waals surface area contributed by atoms with Crippen molar-refractivity contribution in [2.75, 3.05) is 13.1 Å². The number of nitrogens with zero attached hydrogens (tertiary/aromatic N) is 1. The average Bonchev–Trinajstić information content (AvgIpc) is 3.14. The number of fused-ring (bicyclic) bond motifs is 1. The molecule has 36 heavy (non-hydrogen) atoms. The molecule has 0 bridgehead atoms. The average molecular weight is 514 g/mol. The van der Waals surface area contributed by atoms with Gasteiger partial charge >= 0.3 is 5.97 Å². The summed E-state index contributed by atoms with van der Waals surface area (Å²) in [6.45, 7) is 1.75. The molecule has 3 aromatic carbocycles. The van der Waals surface area contributed by atoms with Gasteiger partial charge in [0.15, 0.2) is 0 Å². The third kappa shape index (κ3) is 6.40. The van der Waals surface area contributed by atoms with Crippen LogP contribution in [0.25, 0.3) is 0 Å². The first-order chi connectivity index (χ1) is 17.1. The lowest BCUT2D eigenvalue weighted by Crippen LogP contribution is -2.38. The summed E-state index contributed by atoms with van der Waals surface area (Å²) in [6, 6.07) is 16.1. The van der Waals surface area contributed by atoms with Crippen molar-refractivity contribution in [2.24, 2.45) is 0 Å². The first-order valence-corrected chi connectivity index (χ1v) is 12.0. The van der Waals surface area contributed by atoms with Gasteiger partial charge in [-0.25, -0.2) is 8.78 Å². The number of carbonyl (C=O) groups excluding carboxylic acids is 1. The molecule has 1 unspecified atom stereocenters. The minimum absolute atomic E-state index is 0.0447. The fourth-order valence-electron chi connectivity index (χ4n) is 4.52. The van der Waals surface area contributed by atoms with Gasteiger partial charge in [-0.1, -0.05) is 41.9 Å². The summed E-state index contributed by atoms with van der Waals surface area (Å²) in [5.41, 5.74) is 2.70. The number of rotatable bonds is 9. The van der Waals surface area contributed by atoms with Crippen LogP contribution in [0.2, 0.25) is 5.02 Å². The monoisotopic (exact) mass is 513 g/mol. The molecule has 0 aliphatic carbocycles. The summed E-state index contributed by atoms with van der Waals surface area (Å²) in [4.78, 5) is 25.6. The molecule has 1 N–H and O–H groups in total. The second kappa shape index (κ2) is 10.7. The van der Waals surface area contributed by atoms with Crippen molar-refractivity contribution < 1.29 is 28.2 Å². The van der Waals surface area contributed by atoms with Crippen LogP contribution in [0.5, 0.6) is 5.75 Å². The smallest absolute Gasteiger partial charge is 0.323 e. The summed E-state index contributed by atoms with van der Waals surface area (Å²) in [6.07, 6.45) is 1.53. The summed E-state index contributed by atoms with van der Waals surface area (Å²) < 4.78 is 33.2. The maximum atomic E-state index is 13.9. The standard InChI is InChI=1S/C28H26ClF2NO4/c1-28(15-20-4-8-23(29)24(31)13-20)16-21-12-19(5-9-25(21)36-28)14-26(33)32(17-27(34)35)11-10-18-2-6-22(30)7-3-18/h2-9,12-13H,10-11,14-17H2,1H3,(H,34,35). The second-order valence-corrected chi connectivity index (χ2v) is 9.77. The van der Waals surface area contributed by atoms with E-state index >= 15 is 0 Å². The van der Waals surface area contributed by atoms with E-state index in [2.05, 4.69) is 0 Å². The van der Waals surface area contributed by atoms with E-state index in [0.29, 0.717) is 25.0 Å². The number of aliphatic carboxylic acids is 1. The Morgan fingerprint density at radius 3 is 2.42 bits per heavy atom. The molecular weight excluding hydrogens is 488 g/mol. The van der Waals surface area contributed by atoms with Crippen LogP contribution in [0, 0.1) is 11.6 Å². The maximum Gasteiger partial charge on any atom is 0.323 e. The first-order valence-electron chi connectivity index (χ1n) is 11.6. The normalized spacial score (nSPS) is 16.3. The minimum atomic E-state index is -1.10. The molecule has 1 amide bonds. The molecule has 0 saturated heterocycles. The fourth-order valence-corrected chi connectivity index (χ4v) is 4.64. The van der Waals surface area contributed by atoms with Crippen molar-refractivity contribution in [1.29, 1.82) is 0 Å². The number of carboxylic acid groups (broad SMARTS) is 1. The molecule has 1 heterocycles. The molecule has 5 nitrogen and oxygen atoms in total. The van der Waals surface area contributed by atoms with Gasteiger partial charge in [-0.15, -0.1) is 0 Å².